The van der Waals surface area contributed by atoms with Crippen molar-refractivity contribution in [2.75, 3.05) is 13.1 Å². The number of carbonyl (C=O) groups is 1. The Morgan fingerprint density at radius 2 is 2.21 bits per heavy atom. The number of fused-ring (bicyclic) bond motifs is 1. The summed E-state index contributed by atoms with van der Waals surface area (Å²) in [6.45, 7) is 3.73. The Hall–Kier alpha value is -2.35. The molecule has 0 bridgehead atoms. The van der Waals surface area contributed by atoms with Gasteiger partial charge in [0.15, 0.2) is 0 Å². The number of nitrogens with one attached hydrogen (secondary N) is 1. The molecule has 3 heterocycles. The molecule has 1 saturated heterocycles. The first-order valence-electron chi connectivity index (χ1n) is 8.77. The molecule has 9 heteroatoms. The molecule has 1 aromatic carbocycles. The second-order valence-electron chi connectivity index (χ2n) is 6.66. The number of aryl methyl sites for hydroxylation is 1. The SMILES string of the molecule is Cc1cc(Cl)cc(-c2ncnn3cc(C(=O)O)cc23)c1O[C@H]1CCCNC1.Cl. The Kier molecular flexibility index (Phi) is 6.07. The van der Waals surface area contributed by atoms with Crippen LogP contribution in [-0.2, 0) is 0 Å². The lowest BCUT2D eigenvalue weighted by Gasteiger charge is -2.26. The third-order valence-electron chi connectivity index (χ3n) is 4.68. The zero-order valence-electron chi connectivity index (χ0n) is 15.2. The highest BCUT2D eigenvalue weighted by molar-refractivity contribution is 6.31. The molecule has 148 valence electrons. The van der Waals surface area contributed by atoms with Crippen LogP contribution in [0.15, 0.2) is 30.7 Å². The number of carboxylic acids is 1. The van der Waals surface area contributed by atoms with E-state index < -0.39 is 5.97 Å². The highest BCUT2D eigenvalue weighted by Crippen LogP contribution is 2.38. The number of nitrogens with zero attached hydrogens (tertiary/aromatic N) is 3. The summed E-state index contributed by atoms with van der Waals surface area (Å²) in [7, 11) is 0. The van der Waals surface area contributed by atoms with E-state index in [0.29, 0.717) is 22.0 Å². The lowest BCUT2D eigenvalue weighted by molar-refractivity contribution is 0.0697. The smallest absolute Gasteiger partial charge is 0.337 e. The Morgan fingerprint density at radius 1 is 1.39 bits per heavy atom. The van der Waals surface area contributed by atoms with Crippen LogP contribution in [0.25, 0.3) is 16.8 Å². The molecule has 0 spiro atoms. The first-order chi connectivity index (χ1) is 13.0. The molecule has 0 radical (unpaired) electrons. The van der Waals surface area contributed by atoms with Gasteiger partial charge in [0, 0.05) is 23.3 Å². The van der Waals surface area contributed by atoms with E-state index in [-0.39, 0.29) is 24.1 Å². The minimum absolute atomic E-state index is 0. The number of aromatic carboxylic acids is 1. The highest BCUT2D eigenvalue weighted by atomic mass is 35.5. The Morgan fingerprint density at radius 3 is 2.93 bits per heavy atom. The van der Waals surface area contributed by atoms with Crippen LogP contribution in [-0.4, -0.2) is 44.9 Å². The molecule has 3 aromatic rings. The average Bonchev–Trinajstić information content (AvgIpc) is 3.09. The van der Waals surface area contributed by atoms with Crippen molar-refractivity contribution < 1.29 is 14.6 Å². The molecular formula is C19H20Cl2N4O3. The van der Waals surface area contributed by atoms with Crippen molar-refractivity contribution in [3.63, 3.8) is 0 Å². The largest absolute Gasteiger partial charge is 0.488 e. The molecule has 1 atom stereocenters. The lowest BCUT2D eigenvalue weighted by Crippen LogP contribution is -2.37. The maximum atomic E-state index is 11.3. The van der Waals surface area contributed by atoms with Crippen LogP contribution in [0, 0.1) is 6.92 Å². The van der Waals surface area contributed by atoms with Crippen molar-refractivity contribution in [3.8, 4) is 17.0 Å². The van der Waals surface area contributed by atoms with Gasteiger partial charge in [-0.1, -0.05) is 11.6 Å². The van der Waals surface area contributed by atoms with Gasteiger partial charge in [-0.15, -0.1) is 12.4 Å². The lowest BCUT2D eigenvalue weighted by atomic mass is 10.0. The molecule has 4 rings (SSSR count). The van der Waals surface area contributed by atoms with Gasteiger partial charge in [0.05, 0.1) is 11.1 Å². The van der Waals surface area contributed by atoms with Crippen LogP contribution in [0.1, 0.15) is 28.8 Å². The molecule has 28 heavy (non-hydrogen) atoms. The van der Waals surface area contributed by atoms with E-state index in [1.807, 2.05) is 13.0 Å². The maximum Gasteiger partial charge on any atom is 0.337 e. The summed E-state index contributed by atoms with van der Waals surface area (Å²) in [6, 6.07) is 5.21. The van der Waals surface area contributed by atoms with Gasteiger partial charge in [-0.2, -0.15) is 5.10 Å². The number of aromatic nitrogens is 3. The first-order valence-corrected chi connectivity index (χ1v) is 9.15. The highest BCUT2D eigenvalue weighted by Gasteiger charge is 2.21. The van der Waals surface area contributed by atoms with Gasteiger partial charge in [-0.25, -0.2) is 14.3 Å². The minimum Gasteiger partial charge on any atom is -0.488 e. The van der Waals surface area contributed by atoms with Crippen molar-refractivity contribution in [2.24, 2.45) is 0 Å². The normalized spacial score (nSPS) is 16.6. The summed E-state index contributed by atoms with van der Waals surface area (Å²) in [6.07, 6.45) is 4.96. The fraction of sp³-hybridized carbons (Fsp3) is 0.316. The molecule has 0 saturated carbocycles. The molecule has 0 amide bonds. The zero-order chi connectivity index (χ0) is 19.0. The predicted octanol–water partition coefficient (Wildman–Crippen LogP) is 3.61. The van der Waals surface area contributed by atoms with Crippen LogP contribution >= 0.6 is 24.0 Å². The summed E-state index contributed by atoms with van der Waals surface area (Å²) in [5, 5.41) is 17.3. The van der Waals surface area contributed by atoms with E-state index in [9.17, 15) is 9.90 Å². The van der Waals surface area contributed by atoms with E-state index in [2.05, 4.69) is 15.4 Å². The average molecular weight is 423 g/mol. The van der Waals surface area contributed by atoms with Crippen LogP contribution < -0.4 is 10.1 Å². The van der Waals surface area contributed by atoms with E-state index in [4.69, 9.17) is 16.3 Å². The van der Waals surface area contributed by atoms with Crippen LogP contribution in [0.3, 0.4) is 0 Å². The molecule has 2 N–H and O–H groups in total. The monoisotopic (exact) mass is 422 g/mol. The van der Waals surface area contributed by atoms with Crippen LogP contribution in [0.4, 0.5) is 0 Å². The van der Waals surface area contributed by atoms with Crippen molar-refractivity contribution >= 4 is 35.5 Å². The van der Waals surface area contributed by atoms with Crippen LogP contribution in [0.2, 0.25) is 5.02 Å². The Labute approximate surface area is 173 Å². The van der Waals surface area contributed by atoms with Crippen molar-refractivity contribution in [1.82, 2.24) is 19.9 Å². The summed E-state index contributed by atoms with van der Waals surface area (Å²) in [4.78, 5) is 15.7. The van der Waals surface area contributed by atoms with E-state index >= 15 is 0 Å². The summed E-state index contributed by atoms with van der Waals surface area (Å²) >= 11 is 6.31. The fourth-order valence-corrected chi connectivity index (χ4v) is 3.68. The zero-order valence-corrected chi connectivity index (χ0v) is 16.8. The topological polar surface area (TPSA) is 88.8 Å². The second-order valence-corrected chi connectivity index (χ2v) is 7.09. The van der Waals surface area contributed by atoms with Crippen molar-refractivity contribution in [2.45, 2.75) is 25.9 Å². The van der Waals surface area contributed by atoms with Gasteiger partial charge in [0.25, 0.3) is 0 Å². The van der Waals surface area contributed by atoms with Gasteiger partial charge in [0.2, 0.25) is 0 Å². The number of benzene rings is 1. The van der Waals surface area contributed by atoms with Gasteiger partial charge < -0.3 is 15.2 Å². The van der Waals surface area contributed by atoms with Gasteiger partial charge in [-0.05, 0) is 50.1 Å². The number of hydrogen-bond donors (Lipinski definition) is 2. The van der Waals surface area contributed by atoms with E-state index in [1.54, 1.807) is 12.1 Å². The first kappa shape index (κ1) is 20.4. The standard InChI is InChI=1S/C19H19ClN4O3.ClH/c1-11-5-13(20)7-15(18(11)27-14-3-2-4-21-8-14)17-16-6-12(19(25)26)9-24(16)23-10-22-17;/h5-7,9-10,14,21H,2-4,8H2,1H3,(H,25,26);1H/t14-;/m0./s1. The number of piperidine rings is 1. The molecule has 1 fully saturated rings. The third kappa shape index (κ3) is 3.92. The molecular weight excluding hydrogens is 403 g/mol. The third-order valence-corrected chi connectivity index (χ3v) is 4.90. The van der Waals surface area contributed by atoms with Crippen LogP contribution in [0.5, 0.6) is 5.75 Å². The fourth-order valence-electron chi connectivity index (χ4n) is 3.40. The van der Waals surface area contributed by atoms with E-state index in [1.165, 1.54) is 17.0 Å². The number of carboxylic acid groups (broad SMARTS) is 1. The predicted molar refractivity (Wildman–Crippen MR) is 109 cm³/mol. The number of ether oxygens (including phenoxy) is 1. The summed E-state index contributed by atoms with van der Waals surface area (Å²) < 4.78 is 7.83. The summed E-state index contributed by atoms with van der Waals surface area (Å²) in [5.41, 5.74) is 2.96. The summed E-state index contributed by atoms with van der Waals surface area (Å²) in [5.74, 6) is -0.301. The molecule has 7 nitrogen and oxygen atoms in total. The molecule has 0 unspecified atom stereocenters. The molecule has 1 aliphatic heterocycles. The minimum atomic E-state index is -1.02. The number of hydrogen-bond acceptors (Lipinski definition) is 5. The maximum absolute atomic E-state index is 11.3. The van der Waals surface area contributed by atoms with Gasteiger partial charge >= 0.3 is 5.97 Å². The molecule has 2 aromatic heterocycles. The second kappa shape index (κ2) is 8.34. The molecule has 1 aliphatic rings. The molecule has 0 aliphatic carbocycles. The number of halogens is 2. The number of rotatable bonds is 4. The van der Waals surface area contributed by atoms with Gasteiger partial charge in [0.1, 0.15) is 23.9 Å². The van der Waals surface area contributed by atoms with Crippen molar-refractivity contribution in [3.05, 3.63) is 46.9 Å². The quantitative estimate of drug-likeness (QED) is 0.667. The Balaban J connectivity index is 0.00000225. The van der Waals surface area contributed by atoms with Gasteiger partial charge in [-0.3, -0.25) is 0 Å². The van der Waals surface area contributed by atoms with E-state index in [0.717, 1.165) is 37.1 Å². The van der Waals surface area contributed by atoms with Crippen molar-refractivity contribution in [1.29, 1.82) is 0 Å². The Bertz CT molecular complexity index is 1020.